The van der Waals surface area contributed by atoms with Gasteiger partial charge in [0.2, 0.25) is 15.8 Å². The lowest BCUT2D eigenvalue weighted by molar-refractivity contribution is -0.145. The summed E-state index contributed by atoms with van der Waals surface area (Å²) in [5, 5.41) is 11.6. The Bertz CT molecular complexity index is 2570. The van der Waals surface area contributed by atoms with Gasteiger partial charge in [-0.25, -0.2) is 26.4 Å². The minimum Gasteiger partial charge on any atom is -0.497 e. The van der Waals surface area contributed by atoms with Gasteiger partial charge >= 0.3 is 12.1 Å². The molecule has 330 valence electrons. The van der Waals surface area contributed by atoms with E-state index < -0.39 is 71.6 Å². The maximum absolute atomic E-state index is 15.7. The van der Waals surface area contributed by atoms with E-state index >= 15 is 16.8 Å². The topological polar surface area (TPSA) is 199 Å². The van der Waals surface area contributed by atoms with Crippen LogP contribution in [0.4, 0.5) is 4.79 Å². The highest BCUT2D eigenvalue weighted by Gasteiger charge is 2.49. The average Bonchev–Trinajstić information content (AvgIpc) is 3.92. The molecule has 0 unspecified atom stereocenters. The molecule has 0 radical (unpaired) electrons. The number of benzene rings is 4. The van der Waals surface area contributed by atoms with E-state index in [0.717, 1.165) is 17.6 Å². The largest absolute Gasteiger partial charge is 0.497 e. The number of amides is 1. The molecule has 1 aliphatic rings. The number of aromatic nitrogens is 4. The number of nitrogens with zero attached hydrogens (tertiary/aromatic N) is 6. The van der Waals surface area contributed by atoms with Crippen molar-refractivity contribution in [2.45, 2.75) is 73.5 Å². The van der Waals surface area contributed by atoms with Crippen LogP contribution < -0.4 is 14.2 Å². The predicted molar refractivity (Wildman–Crippen MR) is 235 cm³/mol. The van der Waals surface area contributed by atoms with E-state index in [9.17, 15) is 9.59 Å². The Balaban J connectivity index is 1.53. The number of rotatable bonds is 15. The second kappa shape index (κ2) is 19.0. The first-order valence-electron chi connectivity index (χ1n) is 19.2. The van der Waals surface area contributed by atoms with E-state index in [1.54, 1.807) is 88.5 Å². The van der Waals surface area contributed by atoms with Gasteiger partial charge in [0.1, 0.15) is 33.8 Å². The van der Waals surface area contributed by atoms with Gasteiger partial charge in [0.15, 0.2) is 9.84 Å². The molecule has 1 fully saturated rings. The number of halogens is 1. The van der Waals surface area contributed by atoms with Crippen molar-refractivity contribution in [3.63, 3.8) is 0 Å². The smallest absolute Gasteiger partial charge is 0.411 e. The fraction of sp³-hybridized carbons (Fsp3) is 0.357. The molecule has 6 rings (SSSR count). The standard InChI is InChI=1S/C42H47IN6O11S2/c1-42(2,3)60-41(51)48-26-33(22-35(48)40(50)59-7)61(52,53)36-21-20-34(43)37(39-44-46-49(45-39)25-29-12-18-32(58-6)19-13-29)38(36)62(54,55)47(23-27-8-14-30(56-4)15-9-27)24-28-10-16-31(57-5)17-11-28/h8-21,33,35H,22-26H2,1-7H3/t33-,35+/m1/s1. The SMILES string of the molecule is COC(=O)[C@@H]1C[C@@H](S(=O)(=O)c2ccc(I)c(-c3nnn(Cc4ccc(OC)cc4)n3)c2S(=O)(=O)N(Cc2ccc(OC)cc2)Cc2ccc(OC)cc2)CN1C(=O)OC(C)(C)C. The number of sulfone groups is 1. The number of tetrazole rings is 1. The van der Waals surface area contributed by atoms with E-state index in [2.05, 4.69) is 15.4 Å². The zero-order valence-corrected chi connectivity index (χ0v) is 38.9. The summed E-state index contributed by atoms with van der Waals surface area (Å²) in [6.45, 7) is 4.18. The molecule has 2 heterocycles. The Labute approximate surface area is 374 Å². The summed E-state index contributed by atoms with van der Waals surface area (Å²) < 4.78 is 89.6. The van der Waals surface area contributed by atoms with E-state index in [0.29, 0.717) is 31.9 Å². The molecule has 4 aromatic carbocycles. The third-order valence-corrected chi connectivity index (χ3v) is 15.1. The van der Waals surface area contributed by atoms with Crippen molar-refractivity contribution in [3.8, 4) is 28.6 Å². The summed E-state index contributed by atoms with van der Waals surface area (Å²) in [4.78, 5) is 27.6. The van der Waals surface area contributed by atoms with Crippen molar-refractivity contribution in [1.29, 1.82) is 0 Å². The highest BCUT2D eigenvalue weighted by Crippen LogP contribution is 2.41. The zero-order valence-electron chi connectivity index (χ0n) is 35.1. The van der Waals surface area contributed by atoms with Crippen molar-refractivity contribution < 1.29 is 50.1 Å². The van der Waals surface area contributed by atoms with Gasteiger partial charge in [0.05, 0.1) is 50.7 Å². The predicted octanol–water partition coefficient (Wildman–Crippen LogP) is 5.73. The van der Waals surface area contributed by atoms with Crippen LogP contribution in [0.25, 0.3) is 11.4 Å². The number of likely N-dealkylation sites (tertiary alicyclic amines) is 1. The molecule has 0 spiro atoms. The molecule has 20 heteroatoms. The Morgan fingerprint density at radius 2 is 1.29 bits per heavy atom. The number of sulfonamides is 1. The molecule has 1 aromatic heterocycles. The second-order valence-electron chi connectivity index (χ2n) is 15.3. The third-order valence-electron chi connectivity index (χ3n) is 9.97. The number of hydrogen-bond acceptors (Lipinski definition) is 14. The highest BCUT2D eigenvalue weighted by atomic mass is 127. The molecule has 1 saturated heterocycles. The number of methoxy groups -OCH3 is 4. The number of hydrogen-bond donors (Lipinski definition) is 0. The lowest BCUT2D eigenvalue weighted by Gasteiger charge is -2.27. The molecule has 5 aromatic rings. The molecule has 0 bridgehead atoms. The first kappa shape index (κ1) is 46.2. The van der Waals surface area contributed by atoms with Crippen LogP contribution in [0.2, 0.25) is 0 Å². The van der Waals surface area contributed by atoms with Crippen molar-refractivity contribution in [1.82, 2.24) is 29.4 Å². The number of ether oxygens (including phenoxy) is 5. The maximum Gasteiger partial charge on any atom is 0.411 e. The fourth-order valence-electron chi connectivity index (χ4n) is 6.84. The van der Waals surface area contributed by atoms with Gasteiger partial charge in [-0.15, -0.1) is 10.2 Å². The average molecular weight is 1000 g/mol. The zero-order chi connectivity index (χ0) is 45.0. The number of carbonyl (C=O) groups is 2. The van der Waals surface area contributed by atoms with Gasteiger partial charge in [-0.1, -0.05) is 36.4 Å². The normalized spacial score (nSPS) is 15.7. The number of carbonyl (C=O) groups excluding carboxylic acids is 2. The van der Waals surface area contributed by atoms with Crippen LogP contribution >= 0.6 is 22.6 Å². The van der Waals surface area contributed by atoms with E-state index in [1.165, 1.54) is 35.5 Å². The van der Waals surface area contributed by atoms with Gasteiger partial charge < -0.3 is 23.7 Å². The first-order valence-corrected chi connectivity index (χ1v) is 23.3. The monoisotopic (exact) mass is 1000 g/mol. The summed E-state index contributed by atoms with van der Waals surface area (Å²) >= 11 is 1.92. The van der Waals surface area contributed by atoms with Crippen molar-refractivity contribution in [2.24, 2.45) is 0 Å². The van der Waals surface area contributed by atoms with Gasteiger partial charge in [-0.2, -0.15) is 9.10 Å². The van der Waals surface area contributed by atoms with E-state index in [-0.39, 0.29) is 31.0 Å². The van der Waals surface area contributed by atoms with Crippen LogP contribution in [0.5, 0.6) is 17.2 Å². The second-order valence-corrected chi connectivity index (χ2v) is 20.5. The molecule has 1 amide bonds. The summed E-state index contributed by atoms with van der Waals surface area (Å²) in [6, 6.07) is 22.1. The Morgan fingerprint density at radius 1 is 0.774 bits per heavy atom. The highest BCUT2D eigenvalue weighted by molar-refractivity contribution is 14.1. The van der Waals surface area contributed by atoms with Crippen LogP contribution in [-0.2, 0) is 53.8 Å². The van der Waals surface area contributed by atoms with Gasteiger partial charge in [-0.05, 0) is 120 Å². The Kier molecular flexibility index (Phi) is 14.1. The Hall–Kier alpha value is -5.32. The van der Waals surface area contributed by atoms with E-state index in [4.69, 9.17) is 23.7 Å². The quantitative estimate of drug-likeness (QED) is 0.0910. The van der Waals surface area contributed by atoms with Crippen LogP contribution in [0.3, 0.4) is 0 Å². The van der Waals surface area contributed by atoms with E-state index in [1.807, 2.05) is 34.7 Å². The van der Waals surface area contributed by atoms with Crippen molar-refractivity contribution in [2.75, 3.05) is 35.0 Å². The maximum atomic E-state index is 15.7. The first-order chi connectivity index (χ1) is 29.4. The molecule has 0 N–H and O–H groups in total. The molecule has 2 atom stereocenters. The van der Waals surface area contributed by atoms with Crippen molar-refractivity contribution >= 4 is 54.5 Å². The molecule has 1 aliphatic heterocycles. The lowest BCUT2D eigenvalue weighted by Crippen LogP contribution is -2.44. The summed E-state index contributed by atoms with van der Waals surface area (Å²) in [6.07, 6.45) is -1.32. The molecular formula is C42H47IN6O11S2. The number of esters is 1. The van der Waals surface area contributed by atoms with Gasteiger partial charge in [-0.3, -0.25) is 4.90 Å². The van der Waals surface area contributed by atoms with Crippen LogP contribution in [0, 0.1) is 3.57 Å². The third kappa shape index (κ3) is 10.3. The van der Waals surface area contributed by atoms with Crippen molar-refractivity contribution in [3.05, 3.63) is 105 Å². The van der Waals surface area contributed by atoms with Crippen LogP contribution in [0.1, 0.15) is 43.9 Å². The van der Waals surface area contributed by atoms with Gasteiger partial charge in [0.25, 0.3) is 0 Å². The molecule has 62 heavy (non-hydrogen) atoms. The van der Waals surface area contributed by atoms with Crippen LogP contribution in [0.15, 0.2) is 94.7 Å². The summed E-state index contributed by atoms with van der Waals surface area (Å²) in [5.74, 6) is 0.746. The minimum absolute atomic E-state index is 0.103. The van der Waals surface area contributed by atoms with Gasteiger partial charge in [0, 0.05) is 23.2 Å². The molecule has 0 aliphatic carbocycles. The molecule has 17 nitrogen and oxygen atoms in total. The molecule has 0 saturated carbocycles. The minimum atomic E-state index is -4.86. The lowest BCUT2D eigenvalue weighted by atomic mass is 10.2. The summed E-state index contributed by atoms with van der Waals surface area (Å²) in [5.41, 5.74) is 0.861. The Morgan fingerprint density at radius 3 is 1.77 bits per heavy atom. The van der Waals surface area contributed by atoms with Crippen LogP contribution in [-0.4, -0.2) is 110 Å². The fourth-order valence-corrected chi connectivity index (χ4v) is 11.8. The molecular weight excluding hydrogens is 956 g/mol. The summed E-state index contributed by atoms with van der Waals surface area (Å²) in [7, 11) is -3.87.